The Morgan fingerprint density at radius 2 is 1.88 bits per heavy atom. The van der Waals surface area contributed by atoms with Gasteiger partial charge in [-0.3, -0.25) is 4.79 Å². The van der Waals surface area contributed by atoms with Crippen LogP contribution in [0.3, 0.4) is 0 Å². The molecule has 0 unspecified atom stereocenters. The monoisotopic (exact) mass is 340 g/mol. The van der Waals surface area contributed by atoms with Gasteiger partial charge in [0.05, 0.1) is 7.11 Å². The summed E-state index contributed by atoms with van der Waals surface area (Å²) in [4.78, 5) is 27.6. The second-order valence-electron chi connectivity index (χ2n) is 5.62. The number of fused-ring (bicyclic) bond motifs is 1. The van der Waals surface area contributed by atoms with E-state index in [1.807, 2.05) is 30.5 Å². The van der Waals surface area contributed by atoms with Crippen LogP contribution in [-0.4, -0.2) is 30.0 Å². The number of rotatable bonds is 5. The van der Waals surface area contributed by atoms with Gasteiger partial charge in [0.15, 0.2) is 0 Å². The van der Waals surface area contributed by atoms with E-state index in [1.54, 1.807) is 0 Å². The highest BCUT2D eigenvalue weighted by Gasteiger charge is 2.23. The van der Waals surface area contributed by atoms with E-state index in [9.17, 15) is 14.0 Å². The Kier molecular flexibility index (Phi) is 4.79. The van der Waals surface area contributed by atoms with Crippen LogP contribution < -0.4 is 5.32 Å². The molecule has 0 aliphatic rings. The van der Waals surface area contributed by atoms with Gasteiger partial charge in [0, 0.05) is 29.1 Å². The third-order valence-corrected chi connectivity index (χ3v) is 4.00. The highest BCUT2D eigenvalue weighted by molar-refractivity contribution is 5.97. The number of aromatic amines is 1. The van der Waals surface area contributed by atoms with Gasteiger partial charge in [0.1, 0.15) is 11.9 Å². The lowest BCUT2D eigenvalue weighted by molar-refractivity contribution is -0.142. The van der Waals surface area contributed by atoms with Crippen LogP contribution in [0.1, 0.15) is 15.9 Å². The molecular formula is C19H17FN2O3. The molecule has 0 saturated heterocycles. The Morgan fingerprint density at radius 1 is 1.16 bits per heavy atom. The number of benzene rings is 2. The first-order valence-electron chi connectivity index (χ1n) is 7.77. The summed E-state index contributed by atoms with van der Waals surface area (Å²) in [5.74, 6) is -1.43. The lowest BCUT2D eigenvalue weighted by atomic mass is 10.0. The smallest absolute Gasteiger partial charge is 0.328 e. The molecule has 25 heavy (non-hydrogen) atoms. The number of amides is 1. The third kappa shape index (κ3) is 3.68. The second kappa shape index (κ2) is 7.17. The summed E-state index contributed by atoms with van der Waals surface area (Å²) in [6.07, 6.45) is 2.09. The van der Waals surface area contributed by atoms with Crippen molar-refractivity contribution in [1.29, 1.82) is 0 Å². The number of aromatic nitrogens is 1. The zero-order valence-electron chi connectivity index (χ0n) is 13.6. The lowest BCUT2D eigenvalue weighted by Crippen LogP contribution is -2.43. The first-order chi connectivity index (χ1) is 12.1. The molecular weight excluding hydrogens is 323 g/mol. The number of halogens is 1. The fourth-order valence-electron chi connectivity index (χ4n) is 2.70. The highest BCUT2D eigenvalue weighted by atomic mass is 19.1. The minimum absolute atomic E-state index is 0.272. The fraction of sp³-hybridized carbons (Fsp3) is 0.158. The van der Waals surface area contributed by atoms with Crippen LogP contribution in [0.5, 0.6) is 0 Å². The van der Waals surface area contributed by atoms with Gasteiger partial charge in [0.25, 0.3) is 5.91 Å². The second-order valence-corrected chi connectivity index (χ2v) is 5.62. The van der Waals surface area contributed by atoms with Gasteiger partial charge in [-0.25, -0.2) is 9.18 Å². The van der Waals surface area contributed by atoms with E-state index in [4.69, 9.17) is 4.74 Å². The van der Waals surface area contributed by atoms with Crippen LogP contribution in [0.2, 0.25) is 0 Å². The standard InChI is InChI=1S/C19H17FN2O3/c1-25-19(24)17(22-18(23)12-6-8-14(20)9-7-12)10-13-11-21-16-5-3-2-4-15(13)16/h2-9,11,17,21H,10H2,1H3,(H,22,23)/t17-/m1/s1. The number of carbonyl (C=O) groups is 2. The maximum absolute atomic E-state index is 13.0. The normalized spacial score (nSPS) is 11.9. The number of methoxy groups -OCH3 is 1. The summed E-state index contributed by atoms with van der Waals surface area (Å²) in [7, 11) is 1.27. The highest BCUT2D eigenvalue weighted by Crippen LogP contribution is 2.19. The summed E-state index contributed by atoms with van der Waals surface area (Å²) < 4.78 is 17.8. The van der Waals surface area contributed by atoms with E-state index in [1.165, 1.54) is 31.4 Å². The minimum atomic E-state index is -0.846. The van der Waals surface area contributed by atoms with Gasteiger partial charge >= 0.3 is 5.97 Å². The van der Waals surface area contributed by atoms with Crippen LogP contribution in [0.15, 0.2) is 54.7 Å². The molecule has 5 nitrogen and oxygen atoms in total. The first-order valence-corrected chi connectivity index (χ1v) is 7.77. The van der Waals surface area contributed by atoms with Crippen molar-refractivity contribution in [2.24, 2.45) is 0 Å². The average molecular weight is 340 g/mol. The zero-order chi connectivity index (χ0) is 17.8. The average Bonchev–Trinajstić information content (AvgIpc) is 3.04. The number of ether oxygens (including phenoxy) is 1. The third-order valence-electron chi connectivity index (χ3n) is 4.00. The fourth-order valence-corrected chi connectivity index (χ4v) is 2.70. The van der Waals surface area contributed by atoms with Crippen LogP contribution in [0.25, 0.3) is 10.9 Å². The van der Waals surface area contributed by atoms with E-state index in [-0.39, 0.29) is 12.0 Å². The summed E-state index contributed by atoms with van der Waals surface area (Å²) in [5.41, 5.74) is 2.12. The van der Waals surface area contributed by atoms with Crippen molar-refractivity contribution in [3.8, 4) is 0 Å². The Labute approximate surface area is 143 Å². The molecule has 1 heterocycles. The topological polar surface area (TPSA) is 71.2 Å². The molecule has 0 radical (unpaired) electrons. The van der Waals surface area contributed by atoms with Crippen molar-refractivity contribution in [1.82, 2.24) is 10.3 Å². The molecule has 3 rings (SSSR count). The van der Waals surface area contributed by atoms with Crippen molar-refractivity contribution >= 4 is 22.8 Å². The van der Waals surface area contributed by atoms with Gasteiger partial charge in [-0.05, 0) is 35.9 Å². The molecule has 6 heteroatoms. The molecule has 0 aliphatic carbocycles. The maximum atomic E-state index is 13.0. The van der Waals surface area contributed by atoms with Crippen LogP contribution in [0, 0.1) is 5.82 Å². The summed E-state index contributed by atoms with van der Waals surface area (Å²) in [6, 6.07) is 12.0. The van der Waals surface area contributed by atoms with Crippen molar-refractivity contribution in [2.75, 3.05) is 7.11 Å². The van der Waals surface area contributed by atoms with E-state index >= 15 is 0 Å². The molecule has 0 saturated carbocycles. The van der Waals surface area contributed by atoms with E-state index in [2.05, 4.69) is 10.3 Å². The Balaban J connectivity index is 1.81. The van der Waals surface area contributed by atoms with Gasteiger partial charge in [-0.1, -0.05) is 18.2 Å². The number of hydrogen-bond acceptors (Lipinski definition) is 3. The molecule has 0 aliphatic heterocycles. The van der Waals surface area contributed by atoms with Gasteiger partial charge in [-0.2, -0.15) is 0 Å². The summed E-state index contributed by atoms with van der Waals surface area (Å²) in [6.45, 7) is 0. The summed E-state index contributed by atoms with van der Waals surface area (Å²) in [5, 5.41) is 3.64. The molecule has 2 aromatic carbocycles. The SMILES string of the molecule is COC(=O)[C@@H](Cc1c[nH]c2ccccc12)NC(=O)c1ccc(F)cc1. The predicted molar refractivity (Wildman–Crippen MR) is 91.7 cm³/mol. The van der Waals surface area contributed by atoms with Crippen LogP contribution in [0.4, 0.5) is 4.39 Å². The number of hydrogen-bond donors (Lipinski definition) is 2. The maximum Gasteiger partial charge on any atom is 0.328 e. The summed E-state index contributed by atoms with van der Waals surface area (Å²) >= 11 is 0. The molecule has 0 fully saturated rings. The quantitative estimate of drug-likeness (QED) is 0.702. The number of para-hydroxylation sites is 1. The van der Waals surface area contributed by atoms with Crippen molar-refractivity contribution < 1.29 is 18.7 Å². The Hall–Kier alpha value is -3.15. The minimum Gasteiger partial charge on any atom is -0.467 e. The number of esters is 1. The zero-order valence-corrected chi connectivity index (χ0v) is 13.6. The van der Waals surface area contributed by atoms with E-state index in [0.717, 1.165) is 16.5 Å². The molecule has 128 valence electrons. The van der Waals surface area contributed by atoms with Crippen molar-refractivity contribution in [2.45, 2.75) is 12.5 Å². The lowest BCUT2D eigenvalue weighted by Gasteiger charge is -2.16. The number of carbonyl (C=O) groups excluding carboxylic acids is 2. The van der Waals surface area contributed by atoms with Gasteiger partial charge in [0.2, 0.25) is 0 Å². The van der Waals surface area contributed by atoms with Crippen LogP contribution in [-0.2, 0) is 16.0 Å². The van der Waals surface area contributed by atoms with Crippen molar-refractivity contribution in [3.05, 3.63) is 71.7 Å². The number of H-pyrrole nitrogens is 1. The van der Waals surface area contributed by atoms with E-state index < -0.39 is 23.7 Å². The molecule has 0 bridgehead atoms. The van der Waals surface area contributed by atoms with Crippen LogP contribution >= 0.6 is 0 Å². The molecule has 2 N–H and O–H groups in total. The Morgan fingerprint density at radius 3 is 2.60 bits per heavy atom. The molecule has 1 atom stereocenters. The molecule has 1 amide bonds. The predicted octanol–water partition coefficient (Wildman–Crippen LogP) is 2.82. The van der Waals surface area contributed by atoms with Gasteiger partial charge in [-0.15, -0.1) is 0 Å². The number of nitrogens with one attached hydrogen (secondary N) is 2. The molecule has 3 aromatic rings. The van der Waals surface area contributed by atoms with Crippen molar-refractivity contribution in [3.63, 3.8) is 0 Å². The first kappa shape index (κ1) is 16.7. The largest absolute Gasteiger partial charge is 0.467 e. The molecule has 0 spiro atoms. The van der Waals surface area contributed by atoms with E-state index in [0.29, 0.717) is 0 Å². The Bertz CT molecular complexity index is 902. The molecule has 1 aromatic heterocycles. The van der Waals surface area contributed by atoms with Gasteiger partial charge < -0.3 is 15.0 Å².